The van der Waals surface area contributed by atoms with E-state index in [-0.39, 0.29) is 11.8 Å². The number of fused-ring (bicyclic) bond motifs is 1. The molecular formula is C23H22N4O5S2. The Hall–Kier alpha value is -3.15. The van der Waals surface area contributed by atoms with E-state index in [9.17, 15) is 13.2 Å². The molecule has 11 heteroatoms. The van der Waals surface area contributed by atoms with Gasteiger partial charge in [-0.05, 0) is 35.4 Å². The lowest BCUT2D eigenvalue weighted by Crippen LogP contribution is -2.40. The molecule has 0 bridgehead atoms. The molecule has 0 N–H and O–H groups in total. The fourth-order valence-corrected chi connectivity index (χ4v) is 6.41. The summed E-state index contributed by atoms with van der Waals surface area (Å²) in [6.45, 7) is 3.94. The zero-order valence-corrected chi connectivity index (χ0v) is 20.2. The average molecular weight is 499 g/mol. The van der Waals surface area contributed by atoms with Gasteiger partial charge in [0.25, 0.3) is 5.91 Å². The monoisotopic (exact) mass is 498 g/mol. The molecule has 2 aromatic heterocycles. The molecule has 5 rings (SSSR count). The standard InChI is InChI=1S/C23H22N4O5S2/c1-14-25-26-21(32-14)20(34(2,29)30)22-24-18-8-7-17(13-19(18)33-22)15-3-5-16(6-4-15)23(28)27-9-11-31-12-10-27/h3-8,13,20H,9-12H2,1-2H3. The number of hydrogen-bond donors (Lipinski definition) is 0. The molecule has 0 spiro atoms. The zero-order valence-electron chi connectivity index (χ0n) is 18.6. The Bertz CT molecular complexity index is 1450. The Balaban J connectivity index is 1.44. The van der Waals surface area contributed by atoms with Crippen molar-refractivity contribution in [3.8, 4) is 11.1 Å². The molecular weight excluding hydrogens is 476 g/mol. The van der Waals surface area contributed by atoms with Crippen LogP contribution in [0, 0.1) is 6.92 Å². The first-order chi connectivity index (χ1) is 16.3. The molecule has 1 aliphatic heterocycles. The predicted octanol–water partition coefficient (Wildman–Crippen LogP) is 3.26. The van der Waals surface area contributed by atoms with Gasteiger partial charge in [-0.2, -0.15) is 0 Å². The number of morpholine rings is 1. The van der Waals surface area contributed by atoms with Gasteiger partial charge in [0, 0.05) is 31.8 Å². The highest BCUT2D eigenvalue weighted by Crippen LogP contribution is 2.36. The Morgan fingerprint density at radius 3 is 2.41 bits per heavy atom. The van der Waals surface area contributed by atoms with Gasteiger partial charge in [0.1, 0.15) is 5.01 Å². The van der Waals surface area contributed by atoms with Crippen molar-refractivity contribution in [2.24, 2.45) is 0 Å². The fourth-order valence-electron chi connectivity index (χ4n) is 3.88. The van der Waals surface area contributed by atoms with Crippen LogP contribution in [0.2, 0.25) is 0 Å². The second-order valence-corrected chi connectivity index (χ2v) is 11.3. The highest BCUT2D eigenvalue weighted by molar-refractivity contribution is 7.91. The molecule has 0 radical (unpaired) electrons. The van der Waals surface area contributed by atoms with E-state index in [1.807, 2.05) is 42.5 Å². The van der Waals surface area contributed by atoms with E-state index in [1.54, 1.807) is 11.8 Å². The molecule has 9 nitrogen and oxygen atoms in total. The predicted molar refractivity (Wildman–Crippen MR) is 128 cm³/mol. The quantitative estimate of drug-likeness (QED) is 0.412. The fraction of sp³-hybridized carbons (Fsp3) is 0.304. The van der Waals surface area contributed by atoms with E-state index >= 15 is 0 Å². The second kappa shape index (κ2) is 8.90. The summed E-state index contributed by atoms with van der Waals surface area (Å²) >= 11 is 1.28. The Morgan fingerprint density at radius 1 is 1.06 bits per heavy atom. The number of carbonyl (C=O) groups is 1. The van der Waals surface area contributed by atoms with Crippen LogP contribution in [0.1, 0.15) is 32.4 Å². The SMILES string of the molecule is Cc1nnc(C(c2nc3ccc(-c4ccc(C(=O)N5CCOCC5)cc4)cc3s2)S(C)(=O)=O)o1. The first-order valence-corrected chi connectivity index (χ1v) is 13.4. The van der Waals surface area contributed by atoms with Crippen LogP contribution in [0.15, 0.2) is 46.9 Å². The smallest absolute Gasteiger partial charge is 0.254 e. The first kappa shape index (κ1) is 22.6. The third kappa shape index (κ3) is 4.46. The topological polar surface area (TPSA) is 115 Å². The van der Waals surface area contributed by atoms with Crippen LogP contribution in [0.25, 0.3) is 21.3 Å². The molecule has 1 fully saturated rings. The maximum Gasteiger partial charge on any atom is 0.254 e. The first-order valence-electron chi connectivity index (χ1n) is 10.7. The van der Waals surface area contributed by atoms with E-state index in [0.29, 0.717) is 48.3 Å². The van der Waals surface area contributed by atoms with Crippen molar-refractivity contribution in [3.63, 3.8) is 0 Å². The van der Waals surface area contributed by atoms with E-state index in [2.05, 4.69) is 15.2 Å². The number of sulfone groups is 1. The van der Waals surface area contributed by atoms with Crippen molar-refractivity contribution in [1.82, 2.24) is 20.1 Å². The number of aromatic nitrogens is 3. The number of hydrogen-bond acceptors (Lipinski definition) is 9. The summed E-state index contributed by atoms with van der Waals surface area (Å²) in [5, 5.41) is 6.95. The van der Waals surface area contributed by atoms with Gasteiger partial charge in [-0.1, -0.05) is 18.2 Å². The molecule has 0 aliphatic carbocycles. The van der Waals surface area contributed by atoms with Crippen molar-refractivity contribution in [2.45, 2.75) is 12.2 Å². The van der Waals surface area contributed by atoms with Crippen molar-refractivity contribution in [3.05, 3.63) is 64.8 Å². The largest absolute Gasteiger partial charge is 0.424 e. The van der Waals surface area contributed by atoms with Crippen molar-refractivity contribution in [2.75, 3.05) is 32.6 Å². The van der Waals surface area contributed by atoms with E-state index < -0.39 is 15.1 Å². The van der Waals surface area contributed by atoms with Crippen LogP contribution in [0.5, 0.6) is 0 Å². The number of ether oxygens (including phenoxy) is 1. The number of carbonyl (C=O) groups excluding carboxylic acids is 1. The number of benzene rings is 2. The number of thiazole rings is 1. The van der Waals surface area contributed by atoms with Gasteiger partial charge in [0.2, 0.25) is 11.8 Å². The molecule has 1 saturated heterocycles. The zero-order chi connectivity index (χ0) is 23.9. The van der Waals surface area contributed by atoms with Crippen LogP contribution >= 0.6 is 11.3 Å². The van der Waals surface area contributed by atoms with Crippen molar-refractivity contribution in [1.29, 1.82) is 0 Å². The number of nitrogens with zero attached hydrogens (tertiary/aromatic N) is 4. The second-order valence-electron chi connectivity index (χ2n) is 8.09. The van der Waals surface area contributed by atoms with Crippen molar-refractivity contribution < 1.29 is 22.4 Å². The molecule has 0 saturated carbocycles. The van der Waals surface area contributed by atoms with Gasteiger partial charge in [0.15, 0.2) is 15.1 Å². The van der Waals surface area contributed by atoms with E-state index in [1.165, 1.54) is 11.3 Å². The van der Waals surface area contributed by atoms with Gasteiger partial charge >= 0.3 is 0 Å². The summed E-state index contributed by atoms with van der Waals surface area (Å²) in [4.78, 5) is 19.0. The highest BCUT2D eigenvalue weighted by atomic mass is 32.2. The summed E-state index contributed by atoms with van der Waals surface area (Å²) in [6, 6.07) is 13.2. The number of amides is 1. The molecule has 4 aromatic rings. The van der Waals surface area contributed by atoms with Crippen LogP contribution in [0.4, 0.5) is 0 Å². The molecule has 176 valence electrons. The summed E-state index contributed by atoms with van der Waals surface area (Å²) in [5.41, 5.74) is 3.21. The maximum absolute atomic E-state index is 12.7. The lowest BCUT2D eigenvalue weighted by atomic mass is 10.0. The summed E-state index contributed by atoms with van der Waals surface area (Å²) in [7, 11) is -3.58. The third-order valence-corrected chi connectivity index (χ3v) is 8.10. The third-order valence-electron chi connectivity index (χ3n) is 5.59. The molecule has 2 aromatic carbocycles. The molecule has 1 amide bonds. The summed E-state index contributed by atoms with van der Waals surface area (Å²) < 4.78 is 36.6. The van der Waals surface area contributed by atoms with Gasteiger partial charge < -0.3 is 14.1 Å². The highest BCUT2D eigenvalue weighted by Gasteiger charge is 2.33. The van der Waals surface area contributed by atoms with Crippen LogP contribution in [0.3, 0.4) is 0 Å². The Kier molecular flexibility index (Phi) is 5.92. The number of rotatable bonds is 5. The van der Waals surface area contributed by atoms with E-state index in [0.717, 1.165) is 22.1 Å². The lowest BCUT2D eigenvalue weighted by molar-refractivity contribution is 0.0303. The molecule has 1 aliphatic rings. The lowest BCUT2D eigenvalue weighted by Gasteiger charge is -2.26. The minimum atomic E-state index is -3.58. The molecule has 1 unspecified atom stereocenters. The average Bonchev–Trinajstić information content (AvgIpc) is 3.43. The van der Waals surface area contributed by atoms with Gasteiger partial charge in [-0.25, -0.2) is 13.4 Å². The molecule has 34 heavy (non-hydrogen) atoms. The Morgan fingerprint density at radius 2 is 1.76 bits per heavy atom. The summed E-state index contributed by atoms with van der Waals surface area (Å²) in [5.74, 6) is 0.308. The maximum atomic E-state index is 12.7. The van der Waals surface area contributed by atoms with Gasteiger partial charge in [0.05, 0.1) is 23.4 Å². The van der Waals surface area contributed by atoms with Crippen LogP contribution < -0.4 is 0 Å². The van der Waals surface area contributed by atoms with Crippen molar-refractivity contribution >= 4 is 37.3 Å². The van der Waals surface area contributed by atoms with Gasteiger partial charge in [-0.15, -0.1) is 21.5 Å². The minimum absolute atomic E-state index is 0.000444. The Labute approximate surface area is 200 Å². The number of aryl methyl sites for hydroxylation is 1. The van der Waals surface area contributed by atoms with Gasteiger partial charge in [-0.3, -0.25) is 4.79 Å². The van der Waals surface area contributed by atoms with Crippen LogP contribution in [-0.4, -0.2) is 67.0 Å². The normalized spacial score (nSPS) is 15.5. The van der Waals surface area contributed by atoms with Crippen LogP contribution in [-0.2, 0) is 14.6 Å². The molecule has 1 atom stereocenters. The summed E-state index contributed by atoms with van der Waals surface area (Å²) in [6.07, 6.45) is 1.13. The molecule has 3 heterocycles. The minimum Gasteiger partial charge on any atom is -0.424 e. The van der Waals surface area contributed by atoms with E-state index in [4.69, 9.17) is 9.15 Å².